The average Bonchev–Trinajstić information content (AvgIpc) is 2.47. The first-order chi connectivity index (χ1) is 9.78. The lowest BCUT2D eigenvalue weighted by Crippen LogP contribution is -2.20. The maximum atomic E-state index is 8.77. The molecule has 20 heavy (non-hydrogen) atoms. The Bertz CT molecular complexity index is 605. The number of pyridine rings is 1. The van der Waals surface area contributed by atoms with E-state index < -0.39 is 0 Å². The molecule has 2 rings (SSSR count). The number of benzene rings is 1. The van der Waals surface area contributed by atoms with Gasteiger partial charge in [0.1, 0.15) is 24.1 Å². The lowest BCUT2D eigenvalue weighted by Gasteiger charge is -2.08. The van der Waals surface area contributed by atoms with Gasteiger partial charge < -0.3 is 10.1 Å². The van der Waals surface area contributed by atoms with Gasteiger partial charge in [-0.1, -0.05) is 12.1 Å². The van der Waals surface area contributed by atoms with E-state index in [4.69, 9.17) is 10.00 Å². The first kappa shape index (κ1) is 14.0. The zero-order valence-electron chi connectivity index (χ0n) is 11.5. The number of ether oxygens (including phenoxy) is 1. The summed E-state index contributed by atoms with van der Waals surface area (Å²) < 4.78 is 5.64. The van der Waals surface area contributed by atoms with Crippen LogP contribution in [0.4, 0.5) is 0 Å². The number of aryl methyl sites for hydroxylation is 1. The quantitative estimate of drug-likeness (QED) is 0.817. The number of nitrogens with one attached hydrogen (secondary N) is 1. The molecule has 1 heterocycles. The summed E-state index contributed by atoms with van der Waals surface area (Å²) in [6, 6.07) is 13.7. The molecule has 102 valence electrons. The summed E-state index contributed by atoms with van der Waals surface area (Å²) in [5.41, 5.74) is 2.68. The van der Waals surface area contributed by atoms with E-state index in [1.54, 1.807) is 12.3 Å². The normalized spacial score (nSPS) is 10.0. The second kappa shape index (κ2) is 7.27. The summed E-state index contributed by atoms with van der Waals surface area (Å²) in [7, 11) is 0. The van der Waals surface area contributed by atoms with Gasteiger partial charge in [0.05, 0.1) is 0 Å². The summed E-state index contributed by atoms with van der Waals surface area (Å²) in [5.74, 6) is 0.891. The zero-order valence-corrected chi connectivity index (χ0v) is 11.5. The molecule has 0 saturated heterocycles. The molecule has 4 nitrogen and oxygen atoms in total. The van der Waals surface area contributed by atoms with Crippen LogP contribution in [0.15, 0.2) is 42.6 Å². The minimum atomic E-state index is 0.445. The predicted octanol–water partition coefficient (Wildman–Crippen LogP) is 2.43. The van der Waals surface area contributed by atoms with Crippen LogP contribution in [0.25, 0.3) is 0 Å². The molecule has 0 saturated carbocycles. The molecule has 0 atom stereocenters. The molecule has 0 radical (unpaired) electrons. The molecular weight excluding hydrogens is 250 g/mol. The highest BCUT2D eigenvalue weighted by Crippen LogP contribution is 2.11. The Balaban J connectivity index is 1.70. The Hall–Kier alpha value is -2.38. The van der Waals surface area contributed by atoms with Crippen LogP contribution in [-0.2, 0) is 6.54 Å². The molecule has 0 aliphatic carbocycles. The largest absolute Gasteiger partial charge is 0.492 e. The Labute approximate surface area is 119 Å². The summed E-state index contributed by atoms with van der Waals surface area (Å²) in [5, 5.41) is 12.0. The maximum absolute atomic E-state index is 8.77. The van der Waals surface area contributed by atoms with Crippen LogP contribution in [-0.4, -0.2) is 18.1 Å². The smallest absolute Gasteiger partial charge is 0.140 e. The number of nitrogens with zero attached hydrogens (tertiary/aromatic N) is 2. The first-order valence-electron chi connectivity index (χ1n) is 6.53. The van der Waals surface area contributed by atoms with Gasteiger partial charge in [0, 0.05) is 19.3 Å². The van der Waals surface area contributed by atoms with Crippen molar-refractivity contribution in [2.45, 2.75) is 13.5 Å². The average molecular weight is 267 g/mol. The molecular formula is C16H17N3O. The fourth-order valence-electron chi connectivity index (χ4n) is 1.82. The molecule has 0 fully saturated rings. The molecule has 1 aromatic carbocycles. The van der Waals surface area contributed by atoms with Crippen LogP contribution in [0.3, 0.4) is 0 Å². The molecule has 4 heteroatoms. The van der Waals surface area contributed by atoms with Crippen LogP contribution < -0.4 is 10.1 Å². The third-order valence-corrected chi connectivity index (χ3v) is 2.81. The molecule has 0 bridgehead atoms. The van der Waals surface area contributed by atoms with Crippen molar-refractivity contribution in [2.24, 2.45) is 0 Å². The van der Waals surface area contributed by atoms with Crippen LogP contribution >= 0.6 is 0 Å². The predicted molar refractivity (Wildman–Crippen MR) is 77.3 cm³/mol. The lowest BCUT2D eigenvalue weighted by molar-refractivity contribution is 0.313. The van der Waals surface area contributed by atoms with Crippen molar-refractivity contribution >= 4 is 0 Å². The van der Waals surface area contributed by atoms with Gasteiger partial charge in [-0.25, -0.2) is 4.98 Å². The standard InChI is InChI=1S/C16H17N3O/c1-13-3-2-4-16(9-13)20-8-7-18-12-14-5-6-19-15(10-14)11-17/h2-6,9-10,18H,7-8,12H2,1H3. The van der Waals surface area contributed by atoms with E-state index in [0.29, 0.717) is 18.8 Å². The van der Waals surface area contributed by atoms with Gasteiger partial charge in [-0.15, -0.1) is 0 Å². The number of rotatable bonds is 6. The third-order valence-electron chi connectivity index (χ3n) is 2.81. The van der Waals surface area contributed by atoms with E-state index in [2.05, 4.69) is 10.3 Å². The topological polar surface area (TPSA) is 57.9 Å². The summed E-state index contributed by atoms with van der Waals surface area (Å²) in [6.07, 6.45) is 1.65. The first-order valence-corrected chi connectivity index (χ1v) is 6.53. The Morgan fingerprint density at radius 2 is 2.20 bits per heavy atom. The number of nitriles is 1. The summed E-state index contributed by atoms with van der Waals surface area (Å²) in [6.45, 7) is 4.10. The third kappa shape index (κ3) is 4.38. The van der Waals surface area contributed by atoms with E-state index >= 15 is 0 Å². The van der Waals surface area contributed by atoms with E-state index in [0.717, 1.165) is 17.9 Å². The van der Waals surface area contributed by atoms with Gasteiger partial charge in [-0.2, -0.15) is 5.26 Å². The van der Waals surface area contributed by atoms with Gasteiger partial charge in [0.15, 0.2) is 0 Å². The van der Waals surface area contributed by atoms with E-state index in [9.17, 15) is 0 Å². The van der Waals surface area contributed by atoms with E-state index in [-0.39, 0.29) is 0 Å². The Kier molecular flexibility index (Phi) is 5.10. The Morgan fingerprint density at radius 3 is 3.00 bits per heavy atom. The van der Waals surface area contributed by atoms with Crippen molar-refractivity contribution in [1.82, 2.24) is 10.3 Å². The fraction of sp³-hybridized carbons (Fsp3) is 0.250. The van der Waals surface area contributed by atoms with Crippen LogP contribution in [0.1, 0.15) is 16.8 Å². The minimum absolute atomic E-state index is 0.445. The van der Waals surface area contributed by atoms with Gasteiger partial charge in [0.25, 0.3) is 0 Å². The van der Waals surface area contributed by atoms with Crippen molar-refractivity contribution in [2.75, 3.05) is 13.2 Å². The summed E-state index contributed by atoms with van der Waals surface area (Å²) in [4.78, 5) is 3.94. The van der Waals surface area contributed by atoms with Crippen LogP contribution in [0.5, 0.6) is 5.75 Å². The molecule has 0 unspecified atom stereocenters. The highest BCUT2D eigenvalue weighted by Gasteiger charge is 1.97. The van der Waals surface area contributed by atoms with Crippen molar-refractivity contribution < 1.29 is 4.74 Å². The number of aromatic nitrogens is 1. The van der Waals surface area contributed by atoms with Gasteiger partial charge in [-0.3, -0.25) is 0 Å². The van der Waals surface area contributed by atoms with Gasteiger partial charge in [0.2, 0.25) is 0 Å². The SMILES string of the molecule is Cc1cccc(OCCNCc2ccnc(C#N)c2)c1. The highest BCUT2D eigenvalue weighted by molar-refractivity contribution is 5.27. The molecule has 0 spiro atoms. The number of hydrogen-bond donors (Lipinski definition) is 1. The van der Waals surface area contributed by atoms with Crippen LogP contribution in [0, 0.1) is 18.3 Å². The Morgan fingerprint density at radius 1 is 1.30 bits per heavy atom. The monoisotopic (exact) mass is 267 g/mol. The second-order valence-electron chi connectivity index (χ2n) is 4.50. The maximum Gasteiger partial charge on any atom is 0.140 e. The summed E-state index contributed by atoms with van der Waals surface area (Å²) >= 11 is 0. The molecule has 0 aliphatic rings. The molecule has 0 aliphatic heterocycles. The van der Waals surface area contributed by atoms with Crippen molar-refractivity contribution in [3.63, 3.8) is 0 Å². The molecule has 1 N–H and O–H groups in total. The molecule has 0 amide bonds. The van der Waals surface area contributed by atoms with E-state index in [1.165, 1.54) is 5.56 Å². The van der Waals surface area contributed by atoms with Crippen molar-refractivity contribution in [1.29, 1.82) is 5.26 Å². The van der Waals surface area contributed by atoms with Crippen molar-refractivity contribution in [3.8, 4) is 11.8 Å². The highest BCUT2D eigenvalue weighted by atomic mass is 16.5. The fourth-order valence-corrected chi connectivity index (χ4v) is 1.82. The molecule has 2 aromatic rings. The van der Waals surface area contributed by atoms with Gasteiger partial charge >= 0.3 is 0 Å². The van der Waals surface area contributed by atoms with Crippen molar-refractivity contribution in [3.05, 3.63) is 59.4 Å². The lowest BCUT2D eigenvalue weighted by atomic mass is 10.2. The minimum Gasteiger partial charge on any atom is -0.492 e. The second-order valence-corrected chi connectivity index (χ2v) is 4.50. The van der Waals surface area contributed by atoms with Gasteiger partial charge in [-0.05, 0) is 42.3 Å². The van der Waals surface area contributed by atoms with E-state index in [1.807, 2.05) is 43.3 Å². The number of hydrogen-bond acceptors (Lipinski definition) is 4. The molecule has 1 aromatic heterocycles. The van der Waals surface area contributed by atoms with Crippen LogP contribution in [0.2, 0.25) is 0 Å². The zero-order chi connectivity index (χ0) is 14.2.